The van der Waals surface area contributed by atoms with Gasteiger partial charge in [0.05, 0.1) is 17.8 Å². The number of aryl methyl sites for hydroxylation is 2. The van der Waals surface area contributed by atoms with Gasteiger partial charge in [0, 0.05) is 61.1 Å². The molecule has 3 aromatic heterocycles. The number of primary amides is 1. The van der Waals surface area contributed by atoms with E-state index in [1.54, 1.807) is 12.1 Å². The topological polar surface area (TPSA) is 133 Å². The van der Waals surface area contributed by atoms with Crippen LogP contribution in [0.3, 0.4) is 0 Å². The number of nitrogens with one attached hydrogen (secondary N) is 1. The Morgan fingerprint density at radius 1 is 1.19 bits per heavy atom. The van der Waals surface area contributed by atoms with Gasteiger partial charge in [0.1, 0.15) is 5.69 Å². The van der Waals surface area contributed by atoms with Crippen molar-refractivity contribution in [1.82, 2.24) is 39.6 Å². The van der Waals surface area contributed by atoms with E-state index in [-0.39, 0.29) is 0 Å². The van der Waals surface area contributed by atoms with Crippen molar-refractivity contribution in [2.45, 2.75) is 58.3 Å². The number of amides is 1. The molecule has 11 nitrogen and oxygen atoms in total. The van der Waals surface area contributed by atoms with Gasteiger partial charge < -0.3 is 10.5 Å². The summed E-state index contributed by atoms with van der Waals surface area (Å²) in [6.45, 7) is 8.32. The van der Waals surface area contributed by atoms with Gasteiger partial charge in [0.2, 0.25) is 5.91 Å². The summed E-state index contributed by atoms with van der Waals surface area (Å²) in [7, 11) is 0. The Balaban J connectivity index is 1.33. The molecular formula is C25H31N9O2. The molecule has 1 unspecified atom stereocenters. The molecular weight excluding hydrogens is 458 g/mol. The fraction of sp³-hybridized carbons (Fsp3) is 0.480. The van der Waals surface area contributed by atoms with Crippen LogP contribution in [0.5, 0.6) is 0 Å². The zero-order valence-corrected chi connectivity index (χ0v) is 20.6. The molecule has 3 N–H and O–H groups in total. The molecule has 2 saturated heterocycles. The summed E-state index contributed by atoms with van der Waals surface area (Å²) in [5.74, 6) is 0.610. The molecule has 6 rings (SSSR count). The Morgan fingerprint density at radius 2 is 2.03 bits per heavy atom. The minimum absolute atomic E-state index is 0.385. The first-order valence-corrected chi connectivity index (χ1v) is 12.6. The van der Waals surface area contributed by atoms with E-state index in [0.717, 1.165) is 74.4 Å². The first-order valence-electron chi connectivity index (χ1n) is 12.6. The largest absolute Gasteiger partial charge is 0.381 e. The van der Waals surface area contributed by atoms with Crippen molar-refractivity contribution in [2.75, 3.05) is 19.8 Å². The molecule has 1 atom stereocenters. The molecule has 36 heavy (non-hydrogen) atoms. The summed E-state index contributed by atoms with van der Waals surface area (Å²) >= 11 is 0. The first kappa shape index (κ1) is 22.9. The number of nitrogens with zero attached hydrogens (tertiary/aromatic N) is 7. The Bertz CT molecular complexity index is 1410. The third-order valence-electron chi connectivity index (χ3n) is 7.37. The number of hydrogen-bond donors (Lipinski definition) is 2. The molecule has 0 spiro atoms. The molecule has 0 saturated carbocycles. The number of likely N-dealkylation sites (tertiary alicyclic amines) is 1. The molecule has 2 aliphatic heterocycles. The second-order valence-electron chi connectivity index (χ2n) is 9.69. The average molecular weight is 490 g/mol. The number of rotatable bonds is 7. The van der Waals surface area contributed by atoms with Crippen LogP contribution in [-0.4, -0.2) is 77.4 Å². The monoisotopic (exact) mass is 489 g/mol. The van der Waals surface area contributed by atoms with Crippen LogP contribution < -0.4 is 5.73 Å². The third-order valence-corrected chi connectivity index (χ3v) is 7.37. The van der Waals surface area contributed by atoms with Gasteiger partial charge >= 0.3 is 0 Å². The molecule has 5 heterocycles. The highest BCUT2D eigenvalue weighted by Gasteiger charge is 2.35. The highest BCUT2D eigenvalue weighted by molar-refractivity contribution is 6.02. The van der Waals surface area contributed by atoms with E-state index in [2.05, 4.69) is 20.2 Å². The summed E-state index contributed by atoms with van der Waals surface area (Å²) in [5, 5.41) is 17.7. The zero-order chi connectivity index (χ0) is 24.8. The van der Waals surface area contributed by atoms with E-state index in [1.165, 1.54) is 0 Å². The van der Waals surface area contributed by atoms with Gasteiger partial charge in [-0.1, -0.05) is 0 Å². The molecule has 4 aromatic rings. The maximum absolute atomic E-state index is 12.1. The predicted molar refractivity (Wildman–Crippen MR) is 134 cm³/mol. The van der Waals surface area contributed by atoms with Gasteiger partial charge in [0.15, 0.2) is 11.6 Å². The number of carbonyl (C=O) groups excluding carboxylic acids is 1. The summed E-state index contributed by atoms with van der Waals surface area (Å²) in [6, 6.07) is 6.52. The number of hydrogen-bond acceptors (Lipinski definition) is 7. The molecule has 0 aliphatic carbocycles. The number of ether oxygens (including phenoxy) is 1. The standard InChI is InChI=1S/C25H31N9O2/c1-3-34-22(10-15(2)30-34)25-27-24(28-29-25)19-11-16(23(26)35)12-21-20(19)14-32(31-21)13-18-4-7-33(18)17-5-8-36-9-6-17/h10-12,14,17-18H,3-9,13H2,1-2H3,(H2,26,35)(H,27,28,29). The lowest BCUT2D eigenvalue weighted by Gasteiger charge is -2.47. The van der Waals surface area contributed by atoms with Gasteiger partial charge in [-0.05, 0) is 51.3 Å². The smallest absolute Gasteiger partial charge is 0.248 e. The minimum atomic E-state index is -0.507. The fourth-order valence-electron chi connectivity index (χ4n) is 5.44. The van der Waals surface area contributed by atoms with Crippen molar-refractivity contribution in [3.05, 3.63) is 35.7 Å². The lowest BCUT2D eigenvalue weighted by atomic mass is 9.95. The Morgan fingerprint density at radius 3 is 2.75 bits per heavy atom. The van der Waals surface area contributed by atoms with Crippen LogP contribution in [0.2, 0.25) is 0 Å². The number of fused-ring (bicyclic) bond motifs is 1. The average Bonchev–Trinajstić information content (AvgIpc) is 3.59. The van der Waals surface area contributed by atoms with Gasteiger partial charge in [0.25, 0.3) is 0 Å². The number of nitrogens with two attached hydrogens (primary N) is 1. The van der Waals surface area contributed by atoms with Crippen molar-refractivity contribution in [3.63, 3.8) is 0 Å². The molecule has 11 heteroatoms. The van der Waals surface area contributed by atoms with Crippen LogP contribution >= 0.6 is 0 Å². The maximum Gasteiger partial charge on any atom is 0.248 e. The number of aromatic nitrogens is 7. The fourth-order valence-corrected chi connectivity index (χ4v) is 5.44. The summed E-state index contributed by atoms with van der Waals surface area (Å²) < 4.78 is 9.41. The van der Waals surface area contributed by atoms with Crippen LogP contribution in [0.1, 0.15) is 42.2 Å². The molecule has 1 amide bonds. The molecule has 0 bridgehead atoms. The molecule has 2 aliphatic rings. The van der Waals surface area contributed by atoms with E-state index in [4.69, 9.17) is 20.6 Å². The predicted octanol–water partition coefficient (Wildman–Crippen LogP) is 2.37. The first-order chi connectivity index (χ1) is 17.5. The number of carbonyl (C=O) groups is 1. The van der Waals surface area contributed by atoms with Crippen LogP contribution in [0.4, 0.5) is 0 Å². The van der Waals surface area contributed by atoms with Crippen LogP contribution in [-0.2, 0) is 17.8 Å². The molecule has 1 aromatic carbocycles. The van der Waals surface area contributed by atoms with E-state index >= 15 is 0 Å². The second-order valence-corrected chi connectivity index (χ2v) is 9.69. The number of H-pyrrole nitrogens is 1. The van der Waals surface area contributed by atoms with Crippen molar-refractivity contribution >= 4 is 16.8 Å². The summed E-state index contributed by atoms with van der Waals surface area (Å²) in [5.41, 5.74) is 9.25. The maximum atomic E-state index is 12.1. The van der Waals surface area contributed by atoms with Crippen molar-refractivity contribution in [2.24, 2.45) is 5.73 Å². The third kappa shape index (κ3) is 4.07. The van der Waals surface area contributed by atoms with Crippen molar-refractivity contribution < 1.29 is 9.53 Å². The van der Waals surface area contributed by atoms with Gasteiger partial charge in [-0.2, -0.15) is 15.3 Å². The number of aromatic amines is 1. The van der Waals surface area contributed by atoms with Crippen molar-refractivity contribution in [3.8, 4) is 22.9 Å². The van der Waals surface area contributed by atoms with Crippen molar-refractivity contribution in [1.29, 1.82) is 0 Å². The van der Waals surface area contributed by atoms with E-state index < -0.39 is 5.91 Å². The van der Waals surface area contributed by atoms with Crippen LogP contribution in [0.25, 0.3) is 33.8 Å². The second kappa shape index (κ2) is 9.14. The van der Waals surface area contributed by atoms with Crippen LogP contribution in [0, 0.1) is 6.92 Å². The number of benzene rings is 1. The Hall–Kier alpha value is -3.57. The van der Waals surface area contributed by atoms with Gasteiger partial charge in [-0.3, -0.25) is 24.2 Å². The molecule has 0 radical (unpaired) electrons. The normalized spacial score (nSPS) is 19.1. The lowest BCUT2D eigenvalue weighted by Crippen LogP contribution is -2.56. The quantitative estimate of drug-likeness (QED) is 0.407. The van der Waals surface area contributed by atoms with E-state index in [0.29, 0.717) is 34.8 Å². The Kier molecular flexibility index (Phi) is 5.81. The van der Waals surface area contributed by atoms with Gasteiger partial charge in [-0.25, -0.2) is 4.98 Å². The summed E-state index contributed by atoms with van der Waals surface area (Å²) in [4.78, 5) is 19.5. The zero-order valence-electron chi connectivity index (χ0n) is 20.6. The molecule has 2 fully saturated rings. The van der Waals surface area contributed by atoms with E-state index in [1.807, 2.05) is 35.5 Å². The van der Waals surface area contributed by atoms with Crippen LogP contribution in [0.15, 0.2) is 24.4 Å². The summed E-state index contributed by atoms with van der Waals surface area (Å²) in [6.07, 6.45) is 5.37. The minimum Gasteiger partial charge on any atom is -0.381 e. The van der Waals surface area contributed by atoms with E-state index in [9.17, 15) is 4.79 Å². The molecule has 188 valence electrons. The van der Waals surface area contributed by atoms with Gasteiger partial charge in [-0.15, -0.1) is 0 Å². The highest BCUT2D eigenvalue weighted by atomic mass is 16.5. The highest BCUT2D eigenvalue weighted by Crippen LogP contribution is 2.31. The lowest BCUT2D eigenvalue weighted by molar-refractivity contribution is -0.0292. The SMILES string of the molecule is CCn1nc(C)cc1-c1nc(-c2cc(C(N)=O)cc3nn(CC4CCN4C4CCOCC4)cc23)n[nH]1. The Labute approximate surface area is 208 Å².